The van der Waals surface area contributed by atoms with E-state index in [4.69, 9.17) is 9.47 Å². The monoisotopic (exact) mass is 288 g/mol. The number of rotatable bonds is 6. The summed E-state index contributed by atoms with van der Waals surface area (Å²) in [5.41, 5.74) is 0.810. The zero-order valence-electron chi connectivity index (χ0n) is 11.2. The van der Waals surface area contributed by atoms with E-state index in [0.29, 0.717) is 29.0 Å². The van der Waals surface area contributed by atoms with Gasteiger partial charge in [-0.2, -0.15) is 0 Å². The van der Waals surface area contributed by atoms with E-state index in [2.05, 4.69) is 4.98 Å². The molecule has 0 N–H and O–H groups in total. The fourth-order valence-electron chi connectivity index (χ4n) is 1.70. The Hall–Kier alpha value is -2.96. The lowest BCUT2D eigenvalue weighted by molar-refractivity contribution is -0.385. The smallest absolute Gasteiger partial charge is 0.270 e. The first kappa shape index (κ1) is 14.4. The molecule has 0 saturated heterocycles. The Morgan fingerprint density at radius 1 is 1.33 bits per heavy atom. The normalized spacial score (nSPS) is 9.95. The van der Waals surface area contributed by atoms with Crippen molar-refractivity contribution in [1.29, 1.82) is 0 Å². The van der Waals surface area contributed by atoms with E-state index in [0.717, 1.165) is 0 Å². The maximum Gasteiger partial charge on any atom is 0.270 e. The van der Waals surface area contributed by atoms with Gasteiger partial charge in [0.15, 0.2) is 6.29 Å². The Kier molecular flexibility index (Phi) is 4.45. The third-order valence-electron chi connectivity index (χ3n) is 2.75. The maximum absolute atomic E-state index is 10.8. The summed E-state index contributed by atoms with van der Waals surface area (Å²) in [7, 11) is 1.48. The first-order valence-corrected chi connectivity index (χ1v) is 5.99. The average Bonchev–Trinajstić information content (AvgIpc) is 2.53. The van der Waals surface area contributed by atoms with E-state index in [1.807, 2.05) is 0 Å². The molecule has 2 rings (SSSR count). The van der Waals surface area contributed by atoms with E-state index in [-0.39, 0.29) is 12.3 Å². The van der Waals surface area contributed by atoms with Crippen LogP contribution in [0.3, 0.4) is 0 Å². The second-order valence-corrected chi connectivity index (χ2v) is 4.08. The van der Waals surface area contributed by atoms with Crippen LogP contribution in [0, 0.1) is 10.1 Å². The van der Waals surface area contributed by atoms with E-state index < -0.39 is 4.92 Å². The number of nitro groups is 1. The fourth-order valence-corrected chi connectivity index (χ4v) is 1.70. The number of pyridine rings is 1. The molecule has 0 bridgehead atoms. The molecule has 1 aromatic carbocycles. The van der Waals surface area contributed by atoms with E-state index in [1.54, 1.807) is 6.07 Å². The van der Waals surface area contributed by atoms with Crippen molar-refractivity contribution in [3.8, 4) is 11.5 Å². The van der Waals surface area contributed by atoms with E-state index in [1.165, 1.54) is 37.6 Å². The number of hydrogen-bond acceptors (Lipinski definition) is 6. The van der Waals surface area contributed by atoms with Crippen LogP contribution in [0.25, 0.3) is 0 Å². The quantitative estimate of drug-likeness (QED) is 0.460. The topological polar surface area (TPSA) is 91.6 Å². The molecule has 0 fully saturated rings. The minimum absolute atomic E-state index is 0.0381. The van der Waals surface area contributed by atoms with Gasteiger partial charge < -0.3 is 9.47 Å². The van der Waals surface area contributed by atoms with Crippen molar-refractivity contribution < 1.29 is 19.2 Å². The van der Waals surface area contributed by atoms with Gasteiger partial charge in [0, 0.05) is 17.7 Å². The number of benzene rings is 1. The Bertz CT molecular complexity index is 655. The number of carbonyl (C=O) groups is 1. The van der Waals surface area contributed by atoms with E-state index in [9.17, 15) is 14.9 Å². The highest BCUT2D eigenvalue weighted by molar-refractivity contribution is 5.71. The van der Waals surface area contributed by atoms with Gasteiger partial charge in [0.1, 0.15) is 23.8 Å². The summed E-state index contributed by atoms with van der Waals surface area (Å²) in [5, 5.41) is 10.8. The van der Waals surface area contributed by atoms with Crippen molar-refractivity contribution >= 4 is 12.0 Å². The van der Waals surface area contributed by atoms with Crippen molar-refractivity contribution in [2.24, 2.45) is 0 Å². The van der Waals surface area contributed by atoms with Gasteiger partial charge in [-0.15, -0.1) is 0 Å². The minimum Gasteiger partial charge on any atom is -0.496 e. The van der Waals surface area contributed by atoms with Crippen LogP contribution >= 0.6 is 0 Å². The highest BCUT2D eigenvalue weighted by atomic mass is 16.6. The average molecular weight is 288 g/mol. The standard InChI is InChI=1S/C14H12N2O5/c1-20-14-5-3-12(16(18)19)6-10(14)9-21-13-4-2-11(8-17)15-7-13/h2-8H,9H2,1H3. The molecule has 0 spiro atoms. The molecule has 0 amide bonds. The predicted molar refractivity (Wildman–Crippen MR) is 73.6 cm³/mol. The Morgan fingerprint density at radius 3 is 2.71 bits per heavy atom. The highest BCUT2D eigenvalue weighted by Gasteiger charge is 2.12. The van der Waals surface area contributed by atoms with Crippen LogP contribution < -0.4 is 9.47 Å². The summed E-state index contributed by atoms with van der Waals surface area (Å²) < 4.78 is 10.6. The molecule has 7 nitrogen and oxygen atoms in total. The number of aldehydes is 1. The molecule has 0 radical (unpaired) electrons. The van der Waals surface area contributed by atoms with Crippen LogP contribution in [-0.2, 0) is 6.61 Å². The van der Waals surface area contributed by atoms with Gasteiger partial charge in [0.25, 0.3) is 5.69 Å². The number of nitro benzene ring substituents is 1. The molecule has 0 aliphatic rings. The number of carbonyl (C=O) groups excluding carboxylic acids is 1. The van der Waals surface area contributed by atoms with Crippen molar-refractivity contribution in [3.05, 3.63) is 57.9 Å². The molecule has 108 valence electrons. The number of ether oxygens (including phenoxy) is 2. The van der Waals surface area contributed by atoms with Gasteiger partial charge in [0.05, 0.1) is 18.2 Å². The number of methoxy groups -OCH3 is 1. The van der Waals surface area contributed by atoms with Crippen LogP contribution in [0.15, 0.2) is 36.5 Å². The Morgan fingerprint density at radius 2 is 2.14 bits per heavy atom. The summed E-state index contributed by atoms with van der Waals surface area (Å²) in [4.78, 5) is 24.7. The second-order valence-electron chi connectivity index (χ2n) is 4.08. The summed E-state index contributed by atoms with van der Waals surface area (Å²) in [6.45, 7) is 0.0902. The minimum atomic E-state index is -0.483. The van der Waals surface area contributed by atoms with Crippen molar-refractivity contribution in [2.45, 2.75) is 6.61 Å². The Balaban J connectivity index is 2.15. The molecule has 21 heavy (non-hydrogen) atoms. The molecule has 1 aromatic heterocycles. The maximum atomic E-state index is 10.8. The van der Waals surface area contributed by atoms with Gasteiger partial charge in [-0.3, -0.25) is 14.9 Å². The van der Waals surface area contributed by atoms with E-state index >= 15 is 0 Å². The summed E-state index contributed by atoms with van der Waals surface area (Å²) in [5.74, 6) is 0.951. The molecule has 0 saturated carbocycles. The zero-order valence-corrected chi connectivity index (χ0v) is 11.2. The number of hydrogen-bond donors (Lipinski definition) is 0. The molecular formula is C14H12N2O5. The molecule has 0 unspecified atom stereocenters. The molecule has 0 aliphatic heterocycles. The van der Waals surface area contributed by atoms with Crippen LogP contribution in [0.4, 0.5) is 5.69 Å². The van der Waals surface area contributed by atoms with Gasteiger partial charge in [-0.05, 0) is 18.2 Å². The lowest BCUT2D eigenvalue weighted by Crippen LogP contribution is -2.01. The van der Waals surface area contributed by atoms with Crippen LogP contribution in [-0.4, -0.2) is 23.3 Å². The molecule has 0 aliphatic carbocycles. The molecule has 7 heteroatoms. The molecule has 1 heterocycles. The summed E-state index contributed by atoms with van der Waals surface area (Å²) in [6.07, 6.45) is 2.04. The highest BCUT2D eigenvalue weighted by Crippen LogP contribution is 2.25. The van der Waals surface area contributed by atoms with Crippen molar-refractivity contribution in [2.75, 3.05) is 7.11 Å². The number of non-ortho nitro benzene ring substituents is 1. The summed E-state index contributed by atoms with van der Waals surface area (Å²) >= 11 is 0. The van der Waals surface area contributed by atoms with Crippen LogP contribution in [0.5, 0.6) is 11.5 Å². The molecule has 2 aromatic rings. The number of nitrogens with zero attached hydrogens (tertiary/aromatic N) is 2. The van der Waals surface area contributed by atoms with Gasteiger partial charge in [0.2, 0.25) is 0 Å². The third-order valence-corrected chi connectivity index (χ3v) is 2.75. The van der Waals surface area contributed by atoms with Gasteiger partial charge >= 0.3 is 0 Å². The largest absolute Gasteiger partial charge is 0.496 e. The van der Waals surface area contributed by atoms with Gasteiger partial charge in [-0.1, -0.05) is 0 Å². The molecular weight excluding hydrogens is 276 g/mol. The zero-order chi connectivity index (χ0) is 15.2. The SMILES string of the molecule is COc1ccc([N+](=O)[O-])cc1COc1ccc(C=O)nc1. The third kappa shape index (κ3) is 3.53. The van der Waals surface area contributed by atoms with Crippen molar-refractivity contribution in [1.82, 2.24) is 4.98 Å². The summed E-state index contributed by atoms with van der Waals surface area (Å²) in [6, 6.07) is 7.40. The van der Waals surface area contributed by atoms with Crippen LogP contribution in [0.1, 0.15) is 16.1 Å². The predicted octanol–water partition coefficient (Wildman–Crippen LogP) is 2.39. The van der Waals surface area contributed by atoms with Crippen molar-refractivity contribution in [3.63, 3.8) is 0 Å². The first-order valence-electron chi connectivity index (χ1n) is 5.99. The lowest BCUT2D eigenvalue weighted by atomic mass is 10.2. The lowest BCUT2D eigenvalue weighted by Gasteiger charge is -2.10. The Labute approximate surface area is 120 Å². The van der Waals surface area contributed by atoms with Gasteiger partial charge in [-0.25, -0.2) is 4.98 Å². The second kappa shape index (κ2) is 6.47. The van der Waals surface area contributed by atoms with Crippen LogP contribution in [0.2, 0.25) is 0 Å². The number of aromatic nitrogens is 1. The fraction of sp³-hybridized carbons (Fsp3) is 0.143. The molecule has 0 atom stereocenters. The first-order chi connectivity index (χ1) is 10.1.